The van der Waals surface area contributed by atoms with E-state index in [4.69, 9.17) is 27.6 Å². The van der Waals surface area contributed by atoms with Gasteiger partial charge in [0, 0.05) is 5.38 Å². The summed E-state index contributed by atoms with van der Waals surface area (Å²) >= 11 is 11.7. The van der Waals surface area contributed by atoms with E-state index in [1.165, 1.54) is 0 Å². The predicted octanol–water partition coefficient (Wildman–Crippen LogP) is 2.04. The molecule has 68 valence electrons. The van der Waals surface area contributed by atoms with Crippen LogP contribution in [-0.2, 0) is 4.43 Å². The van der Waals surface area contributed by atoms with Crippen LogP contribution >= 0.6 is 23.2 Å². The van der Waals surface area contributed by atoms with E-state index in [1.54, 1.807) is 0 Å². The van der Waals surface area contributed by atoms with Gasteiger partial charge in [-0.2, -0.15) is 0 Å². The highest BCUT2D eigenvalue weighted by Gasteiger charge is 2.17. The van der Waals surface area contributed by atoms with Crippen LogP contribution in [-0.4, -0.2) is 20.9 Å². The minimum Gasteiger partial charge on any atom is -0.410 e. The van der Waals surface area contributed by atoms with E-state index in [2.05, 4.69) is 0 Å². The molecular formula is C7H16Cl2OSi. The van der Waals surface area contributed by atoms with Crippen LogP contribution < -0.4 is 0 Å². The second-order valence-corrected chi connectivity index (χ2v) is 4.93. The number of hydrogen-bond acceptors (Lipinski definition) is 1. The highest BCUT2D eigenvalue weighted by Crippen LogP contribution is 2.23. The molecule has 0 fully saturated rings. The molecule has 0 bridgehead atoms. The Bertz CT molecular complexity index is 107. The first-order valence-electron chi connectivity index (χ1n) is 3.86. The SMILES string of the molecule is CC(Cl)CCCC(C)(Cl)O[SiH3]. The van der Waals surface area contributed by atoms with Gasteiger partial charge in [0.2, 0.25) is 0 Å². The molecule has 0 aromatic heterocycles. The van der Waals surface area contributed by atoms with Gasteiger partial charge in [0.25, 0.3) is 0 Å². The van der Waals surface area contributed by atoms with E-state index in [0.29, 0.717) is 10.5 Å². The van der Waals surface area contributed by atoms with Crippen LogP contribution in [0.4, 0.5) is 0 Å². The molecule has 0 aliphatic carbocycles. The lowest BCUT2D eigenvalue weighted by molar-refractivity contribution is 0.180. The van der Waals surface area contributed by atoms with Crippen molar-refractivity contribution in [1.82, 2.24) is 0 Å². The molecule has 0 amide bonds. The zero-order valence-corrected chi connectivity index (χ0v) is 10.9. The molecule has 2 atom stereocenters. The molecule has 0 aliphatic heterocycles. The molecular weight excluding hydrogens is 199 g/mol. The molecule has 0 spiro atoms. The summed E-state index contributed by atoms with van der Waals surface area (Å²) < 4.78 is 5.18. The standard InChI is InChI=1S/C7H16Cl2OSi/c1-6(8)4-3-5-7(2,9)10-11/h6H,3-5H2,1-2,11H3. The highest BCUT2D eigenvalue weighted by atomic mass is 35.5. The van der Waals surface area contributed by atoms with Crippen LogP contribution in [0.3, 0.4) is 0 Å². The third kappa shape index (κ3) is 7.13. The molecule has 0 rings (SSSR count). The van der Waals surface area contributed by atoms with Gasteiger partial charge < -0.3 is 4.43 Å². The molecule has 0 saturated heterocycles. The number of alkyl halides is 2. The maximum absolute atomic E-state index is 5.97. The third-order valence-corrected chi connectivity index (χ3v) is 3.37. The van der Waals surface area contributed by atoms with Crippen LogP contribution in [0.5, 0.6) is 0 Å². The Labute approximate surface area is 81.9 Å². The van der Waals surface area contributed by atoms with Gasteiger partial charge in [0.15, 0.2) is 0 Å². The van der Waals surface area contributed by atoms with Crippen molar-refractivity contribution in [3.8, 4) is 0 Å². The van der Waals surface area contributed by atoms with Gasteiger partial charge in [-0.25, -0.2) is 0 Å². The van der Waals surface area contributed by atoms with Crippen molar-refractivity contribution in [3.63, 3.8) is 0 Å². The van der Waals surface area contributed by atoms with Crippen LogP contribution in [0.1, 0.15) is 33.1 Å². The summed E-state index contributed by atoms with van der Waals surface area (Å²) in [6, 6.07) is 0. The van der Waals surface area contributed by atoms with Crippen LogP contribution in [0.15, 0.2) is 0 Å². The molecule has 0 radical (unpaired) electrons. The Morgan fingerprint density at radius 1 is 1.64 bits per heavy atom. The van der Waals surface area contributed by atoms with Crippen molar-refractivity contribution in [1.29, 1.82) is 0 Å². The van der Waals surface area contributed by atoms with Crippen molar-refractivity contribution in [2.24, 2.45) is 0 Å². The Hall–Kier alpha value is 0.757. The molecule has 2 unspecified atom stereocenters. The summed E-state index contributed by atoms with van der Waals surface area (Å²) in [5.74, 6) is 0. The van der Waals surface area contributed by atoms with Crippen molar-refractivity contribution >= 4 is 33.7 Å². The van der Waals surface area contributed by atoms with Crippen molar-refractivity contribution in [2.75, 3.05) is 0 Å². The molecule has 11 heavy (non-hydrogen) atoms. The van der Waals surface area contributed by atoms with Crippen molar-refractivity contribution in [3.05, 3.63) is 0 Å². The van der Waals surface area contributed by atoms with Crippen molar-refractivity contribution < 1.29 is 4.43 Å². The largest absolute Gasteiger partial charge is 0.410 e. The smallest absolute Gasteiger partial charge is 0.148 e. The van der Waals surface area contributed by atoms with E-state index in [9.17, 15) is 0 Å². The third-order valence-electron chi connectivity index (χ3n) is 1.65. The molecule has 4 heteroatoms. The van der Waals surface area contributed by atoms with Gasteiger partial charge in [0.1, 0.15) is 15.5 Å². The summed E-state index contributed by atoms with van der Waals surface area (Å²) in [5.41, 5.74) is 0. The van der Waals surface area contributed by atoms with Gasteiger partial charge in [-0.15, -0.1) is 11.6 Å². The molecule has 0 heterocycles. The first-order chi connectivity index (χ1) is 4.98. The zero-order chi connectivity index (χ0) is 8.91. The number of rotatable bonds is 5. The second kappa shape index (κ2) is 5.41. The summed E-state index contributed by atoms with van der Waals surface area (Å²) in [5, 5.41) is -0.200. The zero-order valence-electron chi connectivity index (χ0n) is 7.36. The fourth-order valence-corrected chi connectivity index (χ4v) is 1.29. The minimum atomic E-state index is -0.446. The van der Waals surface area contributed by atoms with Crippen molar-refractivity contribution in [2.45, 2.75) is 43.5 Å². The monoisotopic (exact) mass is 214 g/mol. The van der Waals surface area contributed by atoms with Gasteiger partial charge in [0.05, 0.1) is 0 Å². The Kier molecular flexibility index (Phi) is 5.78. The maximum atomic E-state index is 5.97. The Morgan fingerprint density at radius 3 is 2.55 bits per heavy atom. The summed E-state index contributed by atoms with van der Waals surface area (Å²) in [6.07, 6.45) is 2.93. The lowest BCUT2D eigenvalue weighted by Crippen LogP contribution is -2.19. The van der Waals surface area contributed by atoms with E-state index in [1.807, 2.05) is 13.8 Å². The minimum absolute atomic E-state index is 0.247. The number of hydrogen-bond donors (Lipinski definition) is 0. The van der Waals surface area contributed by atoms with E-state index >= 15 is 0 Å². The summed E-state index contributed by atoms with van der Waals surface area (Å²) in [4.78, 5) is 0. The fourth-order valence-electron chi connectivity index (χ4n) is 0.801. The van der Waals surface area contributed by atoms with E-state index in [0.717, 1.165) is 19.3 Å². The van der Waals surface area contributed by atoms with Crippen LogP contribution in [0, 0.1) is 0 Å². The normalized spacial score (nSPS) is 19.6. The highest BCUT2D eigenvalue weighted by molar-refractivity contribution is 6.24. The molecule has 0 aliphatic rings. The first-order valence-corrected chi connectivity index (χ1v) is 5.49. The van der Waals surface area contributed by atoms with Crippen LogP contribution in [0.2, 0.25) is 0 Å². The average molecular weight is 215 g/mol. The van der Waals surface area contributed by atoms with Gasteiger partial charge in [-0.1, -0.05) is 11.6 Å². The Morgan fingerprint density at radius 2 is 2.18 bits per heavy atom. The van der Waals surface area contributed by atoms with E-state index in [-0.39, 0.29) is 5.38 Å². The summed E-state index contributed by atoms with van der Waals surface area (Å²) in [7, 11) is 0.695. The van der Waals surface area contributed by atoms with Gasteiger partial charge >= 0.3 is 0 Å². The second-order valence-electron chi connectivity index (χ2n) is 2.98. The summed E-state index contributed by atoms with van der Waals surface area (Å²) in [6.45, 7) is 3.90. The molecule has 0 N–H and O–H groups in total. The quantitative estimate of drug-likeness (QED) is 0.503. The lowest BCUT2D eigenvalue weighted by Gasteiger charge is -2.20. The lowest BCUT2D eigenvalue weighted by atomic mass is 10.1. The van der Waals surface area contributed by atoms with Gasteiger partial charge in [-0.05, 0) is 33.1 Å². The van der Waals surface area contributed by atoms with Gasteiger partial charge in [-0.3, -0.25) is 0 Å². The number of halogens is 2. The first kappa shape index (κ1) is 11.8. The predicted molar refractivity (Wildman–Crippen MR) is 54.4 cm³/mol. The maximum Gasteiger partial charge on any atom is 0.148 e. The van der Waals surface area contributed by atoms with E-state index < -0.39 is 5.06 Å². The molecule has 1 nitrogen and oxygen atoms in total. The van der Waals surface area contributed by atoms with Crippen LogP contribution in [0.25, 0.3) is 0 Å². The molecule has 0 saturated carbocycles. The fraction of sp³-hybridized carbons (Fsp3) is 1.00. The molecule has 0 aromatic carbocycles. The topological polar surface area (TPSA) is 9.23 Å². The Balaban J connectivity index is 3.38. The molecule has 0 aromatic rings. The average Bonchev–Trinajstić information content (AvgIpc) is 1.87.